The van der Waals surface area contributed by atoms with E-state index in [9.17, 15) is 38.4 Å². The van der Waals surface area contributed by atoms with Gasteiger partial charge in [-0.2, -0.15) is 67.5 Å². The van der Waals surface area contributed by atoms with Gasteiger partial charge >= 0.3 is 36.4 Å². The van der Waals surface area contributed by atoms with E-state index in [0.29, 0.717) is 110 Å². The molecule has 5 fully saturated rings. The molecular formula is C71H125Cl4N15O21S5. The lowest BCUT2D eigenvalue weighted by molar-refractivity contribution is -0.184. The van der Waals surface area contributed by atoms with Crippen LogP contribution in [-0.4, -0.2) is 310 Å². The van der Waals surface area contributed by atoms with Crippen LogP contribution in [0.4, 0.5) is 29.8 Å². The molecule has 6 amide bonds. The second-order valence-corrected chi connectivity index (χ2v) is 31.2. The molecule has 0 spiro atoms. The molecule has 7 atom stereocenters. The smallest absolute Gasteiger partial charge is 0.410 e. The van der Waals surface area contributed by atoms with Crippen LogP contribution in [-0.2, 0) is 71.4 Å². The van der Waals surface area contributed by atoms with Gasteiger partial charge in [0.05, 0.1) is 109 Å². The van der Waals surface area contributed by atoms with E-state index in [4.69, 9.17) is 97.8 Å². The van der Waals surface area contributed by atoms with Crippen molar-refractivity contribution in [1.29, 1.82) is 0 Å². The first-order chi connectivity index (χ1) is 51.0. The van der Waals surface area contributed by atoms with Crippen molar-refractivity contribution >= 4 is 191 Å². The van der Waals surface area contributed by atoms with Gasteiger partial charge < -0.3 is 92.9 Å². The summed E-state index contributed by atoms with van der Waals surface area (Å²) < 4.78 is 53.3. The highest BCUT2D eigenvalue weighted by atomic mass is 35.5. The number of rotatable bonds is 9. The van der Waals surface area contributed by atoms with E-state index in [2.05, 4.69) is 45.5 Å². The van der Waals surface area contributed by atoms with E-state index in [0.717, 1.165) is 5.06 Å². The number of likely N-dealkylation sites (N-methyl/N-ethyl adjacent to an activating group) is 1. The third-order valence-electron chi connectivity index (χ3n) is 14.8. The van der Waals surface area contributed by atoms with Crippen molar-refractivity contribution in [3.05, 3.63) is 52.4 Å². The fourth-order valence-corrected chi connectivity index (χ4v) is 10.1. The van der Waals surface area contributed by atoms with E-state index in [1.54, 1.807) is 102 Å². The van der Waals surface area contributed by atoms with Crippen LogP contribution in [0.3, 0.4) is 0 Å². The maximum absolute atomic E-state index is 12.3. The van der Waals surface area contributed by atoms with Crippen LogP contribution in [0.15, 0.2) is 36.9 Å². The van der Waals surface area contributed by atoms with Gasteiger partial charge in [-0.1, -0.05) is 34.8 Å². The average Bonchev–Trinajstić information content (AvgIpc) is 0.808. The van der Waals surface area contributed by atoms with Crippen LogP contribution >= 0.6 is 115 Å². The average molecular weight is 1830 g/mol. The molecule has 0 radical (unpaired) electrons. The predicted octanol–water partition coefficient (Wildman–Crippen LogP) is 9.73. The number of carbonyl (C=O) groups is 8. The number of halogens is 4. The number of ether oxygens (including phenoxy) is 10. The van der Waals surface area contributed by atoms with Gasteiger partial charge in [0.1, 0.15) is 55.4 Å². The Hall–Kier alpha value is -5.71. The van der Waals surface area contributed by atoms with Gasteiger partial charge in [0.15, 0.2) is 29.0 Å². The van der Waals surface area contributed by atoms with Crippen molar-refractivity contribution in [2.75, 3.05) is 132 Å². The third-order valence-corrected chi connectivity index (χ3v) is 15.4. The van der Waals surface area contributed by atoms with Gasteiger partial charge in [0.2, 0.25) is 0 Å². The number of nitrogens with one attached hydrogen (secondary N) is 2. The summed E-state index contributed by atoms with van der Waals surface area (Å²) in [5, 5.41) is 14.1. The lowest BCUT2D eigenvalue weighted by Crippen LogP contribution is -2.52. The van der Waals surface area contributed by atoms with E-state index < -0.39 is 64.5 Å². The Kier molecular flexibility index (Phi) is 55.5. The van der Waals surface area contributed by atoms with Gasteiger partial charge in [-0.05, 0) is 125 Å². The summed E-state index contributed by atoms with van der Waals surface area (Å²) in [6.07, 6.45) is 1.90. The Morgan fingerprint density at radius 2 is 0.819 bits per heavy atom. The first kappa shape index (κ1) is 117. The molecule has 9 rings (SSSR count). The number of anilines is 1. The SMILES string of the molecule is CC(=O)C1CN(C(=O)OC(C)(C)C)CCO1.CC(C)(C)OC(=O)N1CCOC(C(=O)O)C1.CC(N)C1CN(C(=O)OC(C)(C)C)CCO1.CC(Nc1nc(Cl)cc2nccnc12)C1CN(C(=O)OC(C)(C)C)CCO1.CNOC.CON(C)C(=O)C1CN(C(=O)OC(C)(C)C)CCO1.Cl.Clc1cc2nccnc2c(Cl)n1.S.S.S.S.S. The number of carboxylic acid groups (broad SMARTS) is 1. The summed E-state index contributed by atoms with van der Waals surface area (Å²) in [6, 6.07) is 3.08. The van der Waals surface area contributed by atoms with Crippen LogP contribution in [0.1, 0.15) is 125 Å². The summed E-state index contributed by atoms with van der Waals surface area (Å²) in [4.78, 5) is 135. The molecule has 668 valence electrons. The highest BCUT2D eigenvalue weighted by molar-refractivity contribution is 7.60. The van der Waals surface area contributed by atoms with Crippen molar-refractivity contribution in [2.24, 2.45) is 5.73 Å². The summed E-state index contributed by atoms with van der Waals surface area (Å²) >= 11 is 17.5. The monoisotopic (exact) mass is 1820 g/mol. The number of Topliss-reactive ketones (excluding diaryl/α,β-unsaturated/α-hetero) is 1. The van der Waals surface area contributed by atoms with Gasteiger partial charge in [-0.3, -0.25) is 24.4 Å². The van der Waals surface area contributed by atoms with Crippen LogP contribution in [0.2, 0.25) is 15.5 Å². The number of aromatic nitrogens is 6. The molecule has 7 unspecified atom stereocenters. The minimum absolute atomic E-state index is 0. The first-order valence-electron chi connectivity index (χ1n) is 35.5. The van der Waals surface area contributed by atoms with Crippen LogP contribution in [0.25, 0.3) is 22.1 Å². The molecule has 0 saturated carbocycles. The highest BCUT2D eigenvalue weighted by Gasteiger charge is 2.37. The standard InChI is InChI=1S/C18H24ClN5O3.C12H22N2O5.C11H22N2O3.C11H19NO4.C10H17NO5.C7H3Cl2N3.C2H7NO.ClH.5H2S/c1-11(13-10-24(7-8-26-13)17(25)27-18(2,3)4)22-16-15-12(9-14(19)23-16)20-5-6-21-15;1-12(2,3)19-11(16)14-6-7-18-9(8-14)10(15)13(4)17-5;1-8(12)9-7-13(5-6-15-9)10(14)16-11(2,3)4;1-8(13)9-7-12(5-6-15-9)10(14)16-11(2,3)4;1-10(2,3)16-9(14)11-4-5-15-7(6-11)8(12)13;8-5-3-4-6(7(9)12-5)11-2-1-10-4;1-3-4-2;;;;;;/h5-6,9,11,13H,7-8,10H2,1-4H3,(H,22,23);9H,6-8H2,1-5H3;8-9H,5-7,12H2,1-4H3;9H,5-7H2,1-4H3;7H,4-6H2,1-3H3,(H,12,13);1-3H;3H,1-2H3;1H;5*1H2. The number of morpholine rings is 5. The largest absolute Gasteiger partial charge is 0.479 e. The minimum atomic E-state index is -1.06. The molecule has 5 saturated heterocycles. The van der Waals surface area contributed by atoms with Gasteiger partial charge in [-0.25, -0.2) is 59.2 Å². The van der Waals surface area contributed by atoms with Gasteiger partial charge in [-0.15, -0.1) is 12.4 Å². The quantitative estimate of drug-likeness (QED) is 0.0687. The summed E-state index contributed by atoms with van der Waals surface area (Å²) in [5.41, 5.74) is 8.07. The number of carboxylic acids is 1. The number of hydroxylamine groups is 3. The van der Waals surface area contributed by atoms with Crippen molar-refractivity contribution in [3.63, 3.8) is 0 Å². The normalized spacial score (nSPS) is 18.4. The van der Waals surface area contributed by atoms with Crippen LogP contribution in [0, 0.1) is 0 Å². The Morgan fingerprint density at radius 3 is 1.18 bits per heavy atom. The number of nitrogens with zero attached hydrogens (tertiary/aromatic N) is 12. The lowest BCUT2D eigenvalue weighted by atomic mass is 10.1. The number of fused-ring (bicyclic) bond motifs is 2. The van der Waals surface area contributed by atoms with Crippen molar-refractivity contribution in [1.82, 2.24) is 64.9 Å². The van der Waals surface area contributed by atoms with Crippen molar-refractivity contribution < 1.29 is 101 Å². The van der Waals surface area contributed by atoms with E-state index in [-0.39, 0.29) is 166 Å². The van der Waals surface area contributed by atoms with E-state index in [1.165, 1.54) is 35.8 Å². The zero-order valence-corrected chi connectivity index (χ0v) is 78.3. The molecule has 5 aliphatic rings. The Labute approximate surface area is 736 Å². The topological polar surface area (TPSA) is 414 Å². The van der Waals surface area contributed by atoms with Crippen LogP contribution < -0.4 is 16.5 Å². The zero-order valence-electron chi connectivity index (χ0n) is 70.2. The highest BCUT2D eigenvalue weighted by Crippen LogP contribution is 2.26. The summed E-state index contributed by atoms with van der Waals surface area (Å²) in [5.74, 6) is -0.909. The predicted molar refractivity (Wildman–Crippen MR) is 467 cm³/mol. The number of hydrogen-bond acceptors (Lipinski definition) is 29. The number of aliphatic carboxylic acids is 1. The van der Waals surface area contributed by atoms with Crippen LogP contribution in [0.5, 0.6) is 0 Å². The number of carbonyl (C=O) groups excluding carboxylic acids is 7. The van der Waals surface area contributed by atoms with Gasteiger partial charge in [0.25, 0.3) is 5.91 Å². The fraction of sp³-hybridized carbons (Fsp3) is 0.690. The molecule has 0 bridgehead atoms. The Balaban J connectivity index is -0.000000646. The molecular weight excluding hydrogens is 1700 g/mol. The van der Waals surface area contributed by atoms with Crippen molar-refractivity contribution in [3.8, 4) is 0 Å². The number of amides is 6. The van der Waals surface area contributed by atoms with E-state index >= 15 is 0 Å². The van der Waals surface area contributed by atoms with E-state index in [1.807, 2.05) is 76.2 Å². The summed E-state index contributed by atoms with van der Waals surface area (Å²) in [7, 11) is 6.17. The molecule has 36 nitrogen and oxygen atoms in total. The zero-order chi connectivity index (χ0) is 83.2. The Bertz CT molecular complexity index is 3570. The molecule has 9 heterocycles. The van der Waals surface area contributed by atoms with Crippen molar-refractivity contribution in [2.45, 2.75) is 195 Å². The molecule has 0 aliphatic carbocycles. The Morgan fingerprint density at radius 1 is 0.509 bits per heavy atom. The third kappa shape index (κ3) is 45.1. The number of hydrogen-bond donors (Lipinski definition) is 4. The number of nitrogens with two attached hydrogens (primary N) is 1. The number of ketones is 1. The molecule has 116 heavy (non-hydrogen) atoms. The van der Waals surface area contributed by atoms with Gasteiger partial charge in [0, 0.05) is 89.8 Å². The molecule has 0 aromatic carbocycles. The molecule has 4 aromatic heterocycles. The number of pyridine rings is 2. The minimum Gasteiger partial charge on any atom is -0.479 e. The maximum Gasteiger partial charge on any atom is 0.410 e. The summed E-state index contributed by atoms with van der Waals surface area (Å²) in [6.45, 7) is 38.1. The fourth-order valence-electron chi connectivity index (χ4n) is 9.47. The lowest BCUT2D eigenvalue weighted by Gasteiger charge is -2.36. The second-order valence-electron chi connectivity index (χ2n) is 30.1. The molecule has 5 N–H and O–H groups in total. The second kappa shape index (κ2) is 55.3. The molecule has 4 aromatic rings. The molecule has 45 heteroatoms. The maximum atomic E-state index is 12.3. The first-order valence-corrected chi connectivity index (χ1v) is 36.6. The molecule has 5 aliphatic heterocycles.